The molecule has 1 aromatic rings. The van der Waals surface area contributed by atoms with E-state index in [9.17, 15) is 12.8 Å². The highest BCUT2D eigenvalue weighted by molar-refractivity contribution is 7.89. The van der Waals surface area contributed by atoms with Crippen molar-refractivity contribution in [1.82, 2.24) is 9.62 Å². The van der Waals surface area contributed by atoms with E-state index in [2.05, 4.69) is 5.32 Å². The molecular weight excluding hydrogens is 291 g/mol. The van der Waals surface area contributed by atoms with Crippen molar-refractivity contribution in [2.24, 2.45) is 0 Å². The number of hydrogen-bond donors (Lipinski definition) is 1. The van der Waals surface area contributed by atoms with Crippen molar-refractivity contribution in [1.29, 1.82) is 0 Å². The van der Waals surface area contributed by atoms with Gasteiger partial charge in [-0.25, -0.2) is 12.8 Å². The van der Waals surface area contributed by atoms with Crippen molar-refractivity contribution < 1.29 is 12.8 Å². The van der Waals surface area contributed by atoms with E-state index in [0.717, 1.165) is 0 Å². The van der Waals surface area contributed by atoms with E-state index in [0.29, 0.717) is 37.3 Å². The van der Waals surface area contributed by atoms with Gasteiger partial charge in [-0.2, -0.15) is 4.31 Å². The lowest BCUT2D eigenvalue weighted by atomic mass is 10.1. The lowest BCUT2D eigenvalue weighted by Crippen LogP contribution is -2.46. The molecule has 0 aromatic heterocycles. The van der Waals surface area contributed by atoms with Crippen LogP contribution >= 0.6 is 12.4 Å². The first-order valence-electron chi connectivity index (χ1n) is 5.90. The summed E-state index contributed by atoms with van der Waals surface area (Å²) in [5.74, 6) is -0.339. The van der Waals surface area contributed by atoms with Crippen molar-refractivity contribution in [2.75, 3.05) is 26.2 Å². The van der Waals surface area contributed by atoms with Gasteiger partial charge in [0.15, 0.2) is 0 Å². The fraction of sp³-hybridized carbons (Fsp3) is 0.500. The van der Waals surface area contributed by atoms with E-state index in [-0.39, 0.29) is 23.1 Å². The maximum absolute atomic E-state index is 13.5. The SMILES string of the molecule is Cc1cc(S(=O)(=O)N2CCNCC2)cc(C)c1F.Cl. The third-order valence-corrected chi connectivity index (χ3v) is 5.00. The van der Waals surface area contributed by atoms with E-state index >= 15 is 0 Å². The lowest BCUT2D eigenvalue weighted by molar-refractivity contribution is 0.360. The summed E-state index contributed by atoms with van der Waals surface area (Å²) in [6.45, 7) is 5.38. The van der Waals surface area contributed by atoms with Crippen LogP contribution in [0.5, 0.6) is 0 Å². The monoisotopic (exact) mass is 308 g/mol. The Morgan fingerprint density at radius 1 is 1.16 bits per heavy atom. The predicted molar refractivity (Wildman–Crippen MR) is 74.8 cm³/mol. The Labute approximate surface area is 119 Å². The number of halogens is 2. The number of sulfonamides is 1. The van der Waals surface area contributed by atoms with Gasteiger partial charge >= 0.3 is 0 Å². The predicted octanol–water partition coefficient (Wildman–Crippen LogP) is 1.46. The van der Waals surface area contributed by atoms with Crippen LogP contribution in [0.15, 0.2) is 17.0 Å². The quantitative estimate of drug-likeness (QED) is 0.900. The third kappa shape index (κ3) is 3.25. The minimum absolute atomic E-state index is 0. The zero-order valence-electron chi connectivity index (χ0n) is 10.9. The van der Waals surface area contributed by atoms with E-state index in [1.807, 2.05) is 0 Å². The smallest absolute Gasteiger partial charge is 0.243 e. The van der Waals surface area contributed by atoms with Gasteiger partial charge in [-0.3, -0.25) is 0 Å². The lowest BCUT2D eigenvalue weighted by Gasteiger charge is -2.26. The molecule has 0 unspecified atom stereocenters. The highest BCUT2D eigenvalue weighted by Crippen LogP contribution is 2.21. The molecule has 0 amide bonds. The largest absolute Gasteiger partial charge is 0.314 e. The molecule has 1 aliphatic heterocycles. The van der Waals surface area contributed by atoms with Crippen LogP contribution in [-0.4, -0.2) is 38.9 Å². The zero-order valence-corrected chi connectivity index (χ0v) is 12.6. The molecule has 1 heterocycles. The van der Waals surface area contributed by atoms with Crippen molar-refractivity contribution in [2.45, 2.75) is 18.7 Å². The fourth-order valence-electron chi connectivity index (χ4n) is 2.09. The molecule has 0 radical (unpaired) electrons. The van der Waals surface area contributed by atoms with E-state index in [1.165, 1.54) is 16.4 Å². The van der Waals surface area contributed by atoms with Gasteiger partial charge in [-0.1, -0.05) is 0 Å². The van der Waals surface area contributed by atoms with E-state index in [1.54, 1.807) is 13.8 Å². The Kier molecular flexibility index (Phi) is 5.32. The number of hydrogen-bond acceptors (Lipinski definition) is 3. The molecular formula is C12H18ClFN2O2S. The molecule has 4 nitrogen and oxygen atoms in total. The Balaban J connectivity index is 0.00000180. The highest BCUT2D eigenvalue weighted by atomic mass is 35.5. The van der Waals surface area contributed by atoms with Crippen LogP contribution in [0.1, 0.15) is 11.1 Å². The van der Waals surface area contributed by atoms with Gasteiger partial charge < -0.3 is 5.32 Å². The molecule has 0 atom stereocenters. The van der Waals surface area contributed by atoms with Crippen molar-refractivity contribution in [3.05, 3.63) is 29.1 Å². The standard InChI is InChI=1S/C12H17FN2O2S.ClH/c1-9-7-11(8-10(2)12(9)13)18(16,17)15-5-3-14-4-6-15;/h7-8,14H,3-6H2,1-2H3;1H. The molecule has 0 aliphatic carbocycles. The van der Waals surface area contributed by atoms with Crippen LogP contribution in [-0.2, 0) is 10.0 Å². The number of nitrogens with zero attached hydrogens (tertiary/aromatic N) is 1. The van der Waals surface area contributed by atoms with Crippen molar-refractivity contribution >= 4 is 22.4 Å². The van der Waals surface area contributed by atoms with Crippen LogP contribution in [0.2, 0.25) is 0 Å². The number of piperazine rings is 1. The van der Waals surface area contributed by atoms with Crippen LogP contribution in [0, 0.1) is 19.7 Å². The maximum Gasteiger partial charge on any atom is 0.243 e. The minimum atomic E-state index is -3.50. The molecule has 1 aliphatic rings. The van der Waals surface area contributed by atoms with Gasteiger partial charge in [0.2, 0.25) is 10.0 Å². The van der Waals surface area contributed by atoms with Crippen molar-refractivity contribution in [3.8, 4) is 0 Å². The molecule has 0 bridgehead atoms. The van der Waals surface area contributed by atoms with Crippen LogP contribution in [0.4, 0.5) is 4.39 Å². The molecule has 0 saturated carbocycles. The summed E-state index contributed by atoms with van der Waals surface area (Å²) in [6, 6.07) is 2.80. The number of benzene rings is 1. The van der Waals surface area contributed by atoms with Gasteiger partial charge in [-0.05, 0) is 37.1 Å². The van der Waals surface area contributed by atoms with Gasteiger partial charge in [-0.15, -0.1) is 12.4 Å². The summed E-state index contributed by atoms with van der Waals surface area (Å²) in [5, 5.41) is 3.10. The topological polar surface area (TPSA) is 49.4 Å². The molecule has 108 valence electrons. The molecule has 1 aromatic carbocycles. The molecule has 1 N–H and O–H groups in total. The summed E-state index contributed by atoms with van der Waals surface area (Å²) >= 11 is 0. The molecule has 7 heteroatoms. The van der Waals surface area contributed by atoms with Gasteiger partial charge in [0.05, 0.1) is 4.90 Å². The Bertz CT molecular complexity index is 534. The van der Waals surface area contributed by atoms with Crippen molar-refractivity contribution in [3.63, 3.8) is 0 Å². The second-order valence-electron chi connectivity index (χ2n) is 4.53. The number of nitrogens with one attached hydrogen (secondary N) is 1. The second kappa shape index (κ2) is 6.17. The van der Waals surface area contributed by atoms with Gasteiger partial charge in [0.1, 0.15) is 5.82 Å². The van der Waals surface area contributed by atoms with Crippen LogP contribution < -0.4 is 5.32 Å². The van der Waals surface area contributed by atoms with Gasteiger partial charge in [0.25, 0.3) is 0 Å². The summed E-state index contributed by atoms with van der Waals surface area (Å²) in [5.41, 5.74) is 0.729. The summed E-state index contributed by atoms with van der Waals surface area (Å²) in [6.07, 6.45) is 0. The van der Waals surface area contributed by atoms with E-state index in [4.69, 9.17) is 0 Å². The van der Waals surface area contributed by atoms with Gasteiger partial charge in [0, 0.05) is 26.2 Å². The summed E-state index contributed by atoms with van der Waals surface area (Å²) in [7, 11) is -3.50. The molecule has 2 rings (SSSR count). The summed E-state index contributed by atoms with van der Waals surface area (Å²) < 4.78 is 39.7. The Morgan fingerprint density at radius 3 is 2.11 bits per heavy atom. The first kappa shape index (κ1) is 16.4. The zero-order chi connectivity index (χ0) is 13.3. The van der Waals surface area contributed by atoms with Crippen LogP contribution in [0.25, 0.3) is 0 Å². The first-order valence-corrected chi connectivity index (χ1v) is 7.34. The average Bonchev–Trinajstić information content (AvgIpc) is 2.36. The Hall–Kier alpha value is -0.690. The second-order valence-corrected chi connectivity index (χ2v) is 6.46. The fourth-order valence-corrected chi connectivity index (χ4v) is 3.70. The Morgan fingerprint density at radius 2 is 1.63 bits per heavy atom. The summed E-state index contributed by atoms with van der Waals surface area (Å²) in [4.78, 5) is 0.181. The first-order chi connectivity index (χ1) is 8.43. The minimum Gasteiger partial charge on any atom is -0.314 e. The van der Waals surface area contributed by atoms with Crippen LogP contribution in [0.3, 0.4) is 0 Å². The molecule has 1 fully saturated rings. The molecule has 1 saturated heterocycles. The third-order valence-electron chi connectivity index (χ3n) is 3.12. The maximum atomic E-state index is 13.5. The normalized spacial score (nSPS) is 17.0. The number of aryl methyl sites for hydroxylation is 2. The molecule has 19 heavy (non-hydrogen) atoms. The highest BCUT2D eigenvalue weighted by Gasteiger charge is 2.26. The van der Waals surface area contributed by atoms with E-state index < -0.39 is 10.0 Å². The number of rotatable bonds is 2. The molecule has 0 spiro atoms. The average molecular weight is 309 g/mol.